The number of piperazine rings is 1. The van der Waals surface area contributed by atoms with Gasteiger partial charge in [0.25, 0.3) is 0 Å². The first kappa shape index (κ1) is 20.0. The van der Waals surface area contributed by atoms with Gasteiger partial charge in [-0.25, -0.2) is 0 Å². The number of methoxy groups -OCH3 is 1. The fourth-order valence-electron chi connectivity index (χ4n) is 3.33. The van der Waals surface area contributed by atoms with E-state index in [1.807, 2.05) is 29.2 Å². The maximum absolute atomic E-state index is 12.7. The summed E-state index contributed by atoms with van der Waals surface area (Å²) in [5, 5.41) is 3.36. The number of nitrogens with zero attached hydrogens (tertiary/aromatic N) is 1. The van der Waals surface area contributed by atoms with Gasteiger partial charge in [0.05, 0.1) is 26.4 Å². The zero-order valence-electron chi connectivity index (χ0n) is 14.6. The fourth-order valence-corrected chi connectivity index (χ4v) is 3.33. The lowest BCUT2D eigenvalue weighted by molar-refractivity contribution is -0.140. The molecule has 1 N–H and O–H groups in total. The number of amides is 1. The first-order chi connectivity index (χ1) is 11.8. The third kappa shape index (κ3) is 5.07. The monoisotopic (exact) mass is 370 g/mol. The van der Waals surface area contributed by atoms with Gasteiger partial charge >= 0.3 is 0 Å². The minimum Gasteiger partial charge on any atom is -0.496 e. The van der Waals surface area contributed by atoms with Crippen LogP contribution in [0.25, 0.3) is 0 Å². The van der Waals surface area contributed by atoms with E-state index in [2.05, 4.69) is 5.32 Å². The Labute approximate surface area is 155 Å². The number of carbonyl (C=O) groups excluding carboxylic acids is 1. The summed E-state index contributed by atoms with van der Waals surface area (Å²) in [6, 6.07) is 7.85. The number of benzene rings is 1. The third-order valence-electron chi connectivity index (χ3n) is 4.66. The van der Waals surface area contributed by atoms with E-state index in [1.165, 1.54) is 0 Å². The summed E-state index contributed by atoms with van der Waals surface area (Å²) in [6.07, 6.45) is 1.02. The van der Waals surface area contributed by atoms with Crippen molar-refractivity contribution in [1.82, 2.24) is 10.2 Å². The summed E-state index contributed by atoms with van der Waals surface area (Å²) in [7, 11) is 1.66. The molecule has 0 bridgehead atoms. The molecule has 1 aromatic rings. The van der Waals surface area contributed by atoms with Crippen molar-refractivity contribution in [2.45, 2.75) is 12.5 Å². The van der Waals surface area contributed by atoms with Gasteiger partial charge in [0, 0.05) is 37.7 Å². The van der Waals surface area contributed by atoms with Crippen molar-refractivity contribution in [3.8, 4) is 5.75 Å². The van der Waals surface area contributed by atoms with E-state index >= 15 is 0 Å². The Morgan fingerprint density at radius 2 is 2.24 bits per heavy atom. The van der Waals surface area contributed by atoms with Crippen molar-refractivity contribution in [3.63, 3.8) is 0 Å². The van der Waals surface area contributed by atoms with Crippen LogP contribution in [-0.4, -0.2) is 64.0 Å². The molecule has 2 unspecified atom stereocenters. The molecule has 140 valence electrons. The van der Waals surface area contributed by atoms with E-state index in [-0.39, 0.29) is 31.0 Å². The first-order valence-electron chi connectivity index (χ1n) is 8.58. The summed E-state index contributed by atoms with van der Waals surface area (Å²) in [4.78, 5) is 14.6. The number of hydrogen-bond donors (Lipinski definition) is 1. The average Bonchev–Trinajstić information content (AvgIpc) is 3.15. The summed E-state index contributed by atoms with van der Waals surface area (Å²) in [5.74, 6) is 1.27. The van der Waals surface area contributed by atoms with E-state index in [0.717, 1.165) is 44.0 Å². The van der Waals surface area contributed by atoms with Gasteiger partial charge in [0.1, 0.15) is 12.4 Å². The summed E-state index contributed by atoms with van der Waals surface area (Å²) in [6.45, 7) is 4.47. The average molecular weight is 371 g/mol. The van der Waals surface area contributed by atoms with E-state index in [0.29, 0.717) is 19.1 Å². The van der Waals surface area contributed by atoms with Crippen LogP contribution in [0.1, 0.15) is 18.0 Å². The fraction of sp³-hybridized carbons (Fsp3) is 0.611. The summed E-state index contributed by atoms with van der Waals surface area (Å²) in [5.41, 5.74) is 1.03. The van der Waals surface area contributed by atoms with E-state index in [9.17, 15) is 4.79 Å². The van der Waals surface area contributed by atoms with Crippen molar-refractivity contribution < 1.29 is 19.0 Å². The van der Waals surface area contributed by atoms with Crippen molar-refractivity contribution in [2.75, 3.05) is 53.2 Å². The van der Waals surface area contributed by atoms with Gasteiger partial charge in [-0.3, -0.25) is 4.79 Å². The van der Waals surface area contributed by atoms with Gasteiger partial charge in [0.2, 0.25) is 5.91 Å². The number of para-hydroxylation sites is 1. The van der Waals surface area contributed by atoms with Gasteiger partial charge < -0.3 is 24.4 Å². The van der Waals surface area contributed by atoms with Crippen LogP contribution in [-0.2, 0) is 14.3 Å². The molecular formula is C18H27ClN2O4. The minimum atomic E-state index is -0.0270. The molecule has 2 aliphatic rings. The quantitative estimate of drug-likeness (QED) is 0.825. The number of hydrogen-bond acceptors (Lipinski definition) is 5. The molecule has 1 aromatic carbocycles. The Morgan fingerprint density at radius 3 is 3.00 bits per heavy atom. The molecule has 6 nitrogen and oxygen atoms in total. The largest absolute Gasteiger partial charge is 0.496 e. The second-order valence-corrected chi connectivity index (χ2v) is 6.29. The van der Waals surface area contributed by atoms with E-state index in [4.69, 9.17) is 14.2 Å². The molecule has 25 heavy (non-hydrogen) atoms. The van der Waals surface area contributed by atoms with Gasteiger partial charge in [-0.2, -0.15) is 0 Å². The van der Waals surface area contributed by atoms with E-state index < -0.39 is 0 Å². The highest BCUT2D eigenvalue weighted by Gasteiger charge is 2.30. The summed E-state index contributed by atoms with van der Waals surface area (Å²) < 4.78 is 16.4. The highest BCUT2D eigenvalue weighted by molar-refractivity contribution is 5.85. The third-order valence-corrected chi connectivity index (χ3v) is 4.66. The van der Waals surface area contributed by atoms with Gasteiger partial charge in [0.15, 0.2) is 0 Å². The second-order valence-electron chi connectivity index (χ2n) is 6.29. The molecule has 0 spiro atoms. The van der Waals surface area contributed by atoms with Crippen molar-refractivity contribution >= 4 is 18.3 Å². The van der Waals surface area contributed by atoms with Crippen LogP contribution in [0, 0.1) is 5.92 Å². The van der Waals surface area contributed by atoms with Crippen molar-refractivity contribution in [3.05, 3.63) is 29.8 Å². The van der Waals surface area contributed by atoms with Gasteiger partial charge in [-0.1, -0.05) is 18.2 Å². The number of halogens is 1. The molecule has 0 saturated carbocycles. The van der Waals surface area contributed by atoms with Crippen LogP contribution in [0.5, 0.6) is 5.75 Å². The van der Waals surface area contributed by atoms with Crippen LogP contribution in [0.4, 0.5) is 0 Å². The lowest BCUT2D eigenvalue weighted by Crippen LogP contribution is -2.50. The Balaban J connectivity index is 0.00000225. The molecule has 2 heterocycles. The Bertz CT molecular complexity index is 552. The molecule has 2 aliphatic heterocycles. The molecule has 2 saturated heterocycles. The molecular weight excluding hydrogens is 344 g/mol. The highest BCUT2D eigenvalue weighted by atomic mass is 35.5. The van der Waals surface area contributed by atoms with Gasteiger partial charge in [-0.15, -0.1) is 12.4 Å². The SMILES string of the molecule is COc1ccccc1C1CNCCN1C(=O)COCC1CCOC1.Cl. The van der Waals surface area contributed by atoms with Crippen LogP contribution < -0.4 is 10.1 Å². The normalized spacial score (nSPS) is 23.2. The van der Waals surface area contributed by atoms with Crippen LogP contribution in [0.2, 0.25) is 0 Å². The minimum absolute atomic E-state index is 0. The molecule has 2 atom stereocenters. The number of nitrogens with one attached hydrogen (secondary N) is 1. The lowest BCUT2D eigenvalue weighted by atomic mass is 10.0. The topological polar surface area (TPSA) is 60.0 Å². The summed E-state index contributed by atoms with van der Waals surface area (Å²) >= 11 is 0. The second kappa shape index (κ2) is 9.97. The Kier molecular flexibility index (Phi) is 7.96. The maximum atomic E-state index is 12.7. The Morgan fingerprint density at radius 1 is 1.40 bits per heavy atom. The first-order valence-corrected chi connectivity index (χ1v) is 8.58. The number of carbonyl (C=O) groups is 1. The van der Waals surface area contributed by atoms with Gasteiger partial charge in [-0.05, 0) is 12.5 Å². The van der Waals surface area contributed by atoms with Crippen molar-refractivity contribution in [1.29, 1.82) is 0 Å². The van der Waals surface area contributed by atoms with Crippen molar-refractivity contribution in [2.24, 2.45) is 5.92 Å². The highest BCUT2D eigenvalue weighted by Crippen LogP contribution is 2.30. The molecule has 0 radical (unpaired) electrons. The molecule has 1 amide bonds. The Hall–Kier alpha value is -1.34. The zero-order chi connectivity index (χ0) is 16.8. The zero-order valence-corrected chi connectivity index (χ0v) is 15.4. The smallest absolute Gasteiger partial charge is 0.249 e. The molecule has 3 rings (SSSR count). The molecule has 2 fully saturated rings. The number of rotatable bonds is 6. The predicted octanol–water partition coefficient (Wildman–Crippen LogP) is 1.64. The predicted molar refractivity (Wildman–Crippen MR) is 97.3 cm³/mol. The number of ether oxygens (including phenoxy) is 3. The molecule has 0 aliphatic carbocycles. The van der Waals surface area contributed by atoms with Crippen LogP contribution in [0.3, 0.4) is 0 Å². The molecule has 7 heteroatoms. The standard InChI is InChI=1S/C18H26N2O4.ClH/c1-22-17-5-3-2-4-15(17)16-10-19-7-8-20(16)18(21)13-24-12-14-6-9-23-11-14;/h2-5,14,16,19H,6-13H2,1H3;1H. The lowest BCUT2D eigenvalue weighted by Gasteiger charge is -2.37. The molecule has 0 aromatic heterocycles. The van der Waals surface area contributed by atoms with Crippen LogP contribution in [0.15, 0.2) is 24.3 Å². The van der Waals surface area contributed by atoms with Crippen LogP contribution >= 0.6 is 12.4 Å². The van der Waals surface area contributed by atoms with E-state index in [1.54, 1.807) is 7.11 Å². The maximum Gasteiger partial charge on any atom is 0.249 e.